The lowest BCUT2D eigenvalue weighted by Crippen LogP contribution is -2.29. The molecule has 0 radical (unpaired) electrons. The number of alkyl halides is 2. The minimum atomic E-state index is -2.93. The average molecular weight is 418 g/mol. The topological polar surface area (TPSA) is 68.5 Å². The summed E-state index contributed by atoms with van der Waals surface area (Å²) in [4.78, 5) is 12.5. The van der Waals surface area contributed by atoms with Crippen LogP contribution in [0.1, 0.15) is 23.9 Å². The Bertz CT molecular complexity index is 993. The van der Waals surface area contributed by atoms with Crippen molar-refractivity contribution in [1.82, 2.24) is 19.9 Å². The van der Waals surface area contributed by atoms with Gasteiger partial charge < -0.3 is 10.1 Å². The molecule has 0 bridgehead atoms. The van der Waals surface area contributed by atoms with Gasteiger partial charge in [-0.2, -0.15) is 20.5 Å². The fourth-order valence-electron chi connectivity index (χ4n) is 2.81. The van der Waals surface area contributed by atoms with E-state index in [1.807, 2.05) is 35.1 Å². The molecular formula is C20H20F2N4O2S. The first-order chi connectivity index (χ1) is 14.1. The zero-order valence-corrected chi connectivity index (χ0v) is 16.5. The molecule has 1 unspecified atom stereocenters. The largest absolute Gasteiger partial charge is 0.434 e. The first-order valence-corrected chi connectivity index (χ1v) is 10.3. The van der Waals surface area contributed by atoms with E-state index in [0.717, 1.165) is 5.75 Å². The van der Waals surface area contributed by atoms with E-state index in [2.05, 4.69) is 20.3 Å². The number of rotatable bonds is 9. The van der Waals surface area contributed by atoms with Gasteiger partial charge in [0.1, 0.15) is 5.75 Å². The maximum atomic E-state index is 12.5. The maximum absolute atomic E-state index is 12.5. The van der Waals surface area contributed by atoms with Crippen molar-refractivity contribution in [3.63, 3.8) is 0 Å². The third kappa shape index (κ3) is 5.54. The Morgan fingerprint density at radius 2 is 2.03 bits per heavy atom. The standard InChI is InChI=1S/C20H20F2N4O2S/c1-29-13-11-15(19-25-24-17-8-4-5-12-26(17)19)23-18(27)10-9-14-6-2-3-7-16(14)28-20(21)22/h2-10,12,15,20H,11,13H2,1H3,(H,23,27)/b10-9+. The molecule has 3 rings (SSSR count). The summed E-state index contributed by atoms with van der Waals surface area (Å²) in [6.45, 7) is -2.93. The predicted octanol–water partition coefficient (Wildman–Crippen LogP) is 3.95. The van der Waals surface area contributed by atoms with E-state index in [0.29, 0.717) is 23.5 Å². The van der Waals surface area contributed by atoms with Crippen molar-refractivity contribution in [3.05, 3.63) is 66.1 Å². The van der Waals surface area contributed by atoms with Gasteiger partial charge in [0.15, 0.2) is 11.5 Å². The number of hydrogen-bond acceptors (Lipinski definition) is 5. The van der Waals surface area contributed by atoms with E-state index < -0.39 is 6.61 Å². The van der Waals surface area contributed by atoms with Gasteiger partial charge in [-0.25, -0.2) is 0 Å². The van der Waals surface area contributed by atoms with Crippen molar-refractivity contribution in [3.8, 4) is 5.75 Å². The number of para-hydroxylation sites is 1. The van der Waals surface area contributed by atoms with Crippen LogP contribution < -0.4 is 10.1 Å². The first kappa shape index (κ1) is 20.8. The zero-order valence-electron chi connectivity index (χ0n) is 15.7. The molecule has 0 aliphatic rings. The Balaban J connectivity index is 1.76. The summed E-state index contributed by atoms with van der Waals surface area (Å²) >= 11 is 1.66. The molecule has 1 N–H and O–H groups in total. The third-order valence-corrected chi connectivity index (χ3v) is 4.77. The molecule has 0 aliphatic heterocycles. The molecular weight excluding hydrogens is 398 g/mol. The number of aromatic nitrogens is 3. The van der Waals surface area contributed by atoms with Gasteiger partial charge in [-0.3, -0.25) is 9.20 Å². The summed E-state index contributed by atoms with van der Waals surface area (Å²) in [5.41, 5.74) is 1.08. The number of hydrogen-bond donors (Lipinski definition) is 1. The molecule has 9 heteroatoms. The van der Waals surface area contributed by atoms with Crippen molar-refractivity contribution in [2.75, 3.05) is 12.0 Å². The highest BCUT2D eigenvalue weighted by Crippen LogP contribution is 2.22. The lowest BCUT2D eigenvalue weighted by molar-refractivity contribution is -0.117. The van der Waals surface area contributed by atoms with Crippen molar-refractivity contribution < 1.29 is 18.3 Å². The Kier molecular flexibility index (Phi) is 7.18. The maximum Gasteiger partial charge on any atom is 0.387 e. The van der Waals surface area contributed by atoms with Crippen LogP contribution in [0.3, 0.4) is 0 Å². The van der Waals surface area contributed by atoms with Crippen molar-refractivity contribution in [1.29, 1.82) is 0 Å². The molecule has 1 amide bonds. The van der Waals surface area contributed by atoms with Gasteiger partial charge in [-0.1, -0.05) is 24.3 Å². The molecule has 0 spiro atoms. The van der Waals surface area contributed by atoms with Gasteiger partial charge in [0.2, 0.25) is 5.91 Å². The molecule has 0 fully saturated rings. The van der Waals surface area contributed by atoms with Gasteiger partial charge in [0.05, 0.1) is 6.04 Å². The number of nitrogens with zero attached hydrogens (tertiary/aromatic N) is 3. The fourth-order valence-corrected chi connectivity index (χ4v) is 3.28. The Morgan fingerprint density at radius 1 is 1.24 bits per heavy atom. The summed E-state index contributed by atoms with van der Waals surface area (Å²) < 4.78 is 31.4. The van der Waals surface area contributed by atoms with Gasteiger partial charge >= 0.3 is 6.61 Å². The number of fused-ring (bicyclic) bond motifs is 1. The third-order valence-electron chi connectivity index (χ3n) is 4.13. The number of amides is 1. The molecule has 1 aromatic carbocycles. The summed E-state index contributed by atoms with van der Waals surface area (Å²) in [7, 11) is 0. The summed E-state index contributed by atoms with van der Waals surface area (Å²) in [6, 6.07) is 11.5. The Hall–Kier alpha value is -2.94. The molecule has 29 heavy (non-hydrogen) atoms. The molecule has 3 aromatic rings. The molecule has 152 valence electrons. The normalized spacial score (nSPS) is 12.6. The highest BCUT2D eigenvalue weighted by molar-refractivity contribution is 7.98. The molecule has 0 saturated heterocycles. The highest BCUT2D eigenvalue weighted by Gasteiger charge is 2.19. The van der Waals surface area contributed by atoms with Crippen LogP contribution in [0.4, 0.5) is 8.78 Å². The number of benzene rings is 1. The number of carbonyl (C=O) groups excluding carboxylic acids is 1. The first-order valence-electron chi connectivity index (χ1n) is 8.89. The van der Waals surface area contributed by atoms with E-state index in [-0.39, 0.29) is 17.7 Å². The SMILES string of the molecule is CSCCC(NC(=O)/C=C/c1ccccc1OC(F)F)c1nnc2ccccn12. The Morgan fingerprint density at radius 3 is 2.83 bits per heavy atom. The van der Waals surface area contributed by atoms with Crippen LogP contribution in [-0.2, 0) is 4.79 Å². The average Bonchev–Trinajstić information content (AvgIpc) is 3.14. The van der Waals surface area contributed by atoms with E-state index in [4.69, 9.17) is 0 Å². The van der Waals surface area contributed by atoms with Crippen molar-refractivity contribution in [2.24, 2.45) is 0 Å². The van der Waals surface area contributed by atoms with E-state index in [9.17, 15) is 13.6 Å². The number of ether oxygens (including phenoxy) is 1. The molecule has 0 aliphatic carbocycles. The zero-order chi connectivity index (χ0) is 20.6. The quantitative estimate of drug-likeness (QED) is 0.533. The number of carbonyl (C=O) groups is 1. The van der Waals surface area contributed by atoms with Gasteiger partial charge in [0.25, 0.3) is 0 Å². The van der Waals surface area contributed by atoms with Crippen LogP contribution in [0.15, 0.2) is 54.7 Å². The predicted molar refractivity (Wildman–Crippen MR) is 109 cm³/mol. The lowest BCUT2D eigenvalue weighted by Gasteiger charge is -2.16. The second kappa shape index (κ2) is 10.0. The van der Waals surface area contributed by atoms with Crippen LogP contribution >= 0.6 is 11.8 Å². The molecule has 2 heterocycles. The summed E-state index contributed by atoms with van der Waals surface area (Å²) in [5, 5.41) is 11.3. The number of halogens is 2. The van der Waals surface area contributed by atoms with Crippen LogP contribution in [0, 0.1) is 0 Å². The fraction of sp³-hybridized carbons (Fsp3) is 0.250. The molecule has 0 saturated carbocycles. The molecule has 1 atom stereocenters. The van der Waals surface area contributed by atoms with Crippen LogP contribution in [0.25, 0.3) is 11.7 Å². The second-order valence-corrected chi connectivity index (χ2v) is 7.06. The van der Waals surface area contributed by atoms with Crippen molar-refractivity contribution in [2.45, 2.75) is 19.1 Å². The highest BCUT2D eigenvalue weighted by atomic mass is 32.2. The van der Waals surface area contributed by atoms with E-state index in [1.165, 1.54) is 18.2 Å². The second-order valence-electron chi connectivity index (χ2n) is 6.08. The molecule has 6 nitrogen and oxygen atoms in total. The van der Waals surface area contributed by atoms with E-state index >= 15 is 0 Å². The minimum absolute atomic E-state index is 0.00827. The van der Waals surface area contributed by atoms with Crippen LogP contribution in [0.2, 0.25) is 0 Å². The van der Waals surface area contributed by atoms with Gasteiger partial charge in [-0.05, 0) is 42.7 Å². The summed E-state index contributed by atoms with van der Waals surface area (Å²) in [6.07, 6.45) is 7.24. The number of nitrogens with one attached hydrogen (secondary N) is 1. The van der Waals surface area contributed by atoms with Crippen LogP contribution in [0.5, 0.6) is 5.75 Å². The number of pyridine rings is 1. The number of thioether (sulfide) groups is 1. The van der Waals surface area contributed by atoms with Gasteiger partial charge in [-0.15, -0.1) is 10.2 Å². The Labute approximate surface area is 171 Å². The van der Waals surface area contributed by atoms with E-state index in [1.54, 1.807) is 30.0 Å². The lowest BCUT2D eigenvalue weighted by atomic mass is 10.1. The van der Waals surface area contributed by atoms with Gasteiger partial charge in [0, 0.05) is 17.8 Å². The minimum Gasteiger partial charge on any atom is -0.434 e. The summed E-state index contributed by atoms with van der Waals surface area (Å²) in [5.74, 6) is 1.10. The van der Waals surface area contributed by atoms with Crippen molar-refractivity contribution >= 4 is 29.4 Å². The molecule has 2 aromatic heterocycles. The van der Waals surface area contributed by atoms with Crippen LogP contribution in [-0.4, -0.2) is 39.1 Å². The smallest absolute Gasteiger partial charge is 0.387 e. The monoisotopic (exact) mass is 418 g/mol.